The second-order valence-corrected chi connectivity index (χ2v) is 26.3. The fraction of sp³-hybridized carbons (Fsp3) is 0.929. The van der Waals surface area contributed by atoms with Gasteiger partial charge in [0.15, 0.2) is 0 Å². The van der Waals surface area contributed by atoms with E-state index in [1.165, 1.54) is 12.5 Å². The summed E-state index contributed by atoms with van der Waals surface area (Å²) < 4.78 is 56.6. The number of nitrogens with zero attached hydrogens (tertiary/aromatic N) is 2. The van der Waals surface area contributed by atoms with Gasteiger partial charge in [0.1, 0.15) is 28.4 Å². The first-order valence-corrected chi connectivity index (χ1v) is 23.8. The van der Waals surface area contributed by atoms with Gasteiger partial charge in [-0.05, 0) is 73.3 Å². The Bertz CT molecular complexity index is 1130. The standard InChI is InChI=1S/C11H21NO4S.C9H18N2O2.C5H12N2O2S.C3H9ClSi.ClH/c1-11(2,3)16-10(13)12-6-5-9(7-12)8-17(4,14)15;1-9(2,3)13-8(12)11-5-4-7(10)6-11;1-10(8,9)7-5-2-3-6-4-5;1-5(2,3)4;/h9H,5-8H2,1-4H3;7H,4-6,10H2,1-3H3;5-7H,2-4H2,1H3;1-3H3;1H. The molecule has 3 aliphatic heterocycles. The third-order valence-electron chi connectivity index (χ3n) is 5.79. The molecule has 18 heteroatoms. The quantitative estimate of drug-likeness (QED) is 0.284. The van der Waals surface area contributed by atoms with Crippen molar-refractivity contribution in [1.29, 1.82) is 0 Å². The van der Waals surface area contributed by atoms with Gasteiger partial charge in [-0.3, -0.25) is 0 Å². The Hall–Kier alpha value is -0.883. The zero-order valence-electron chi connectivity index (χ0n) is 29.6. The maximum Gasteiger partial charge on any atom is 0.410 e. The zero-order valence-corrected chi connectivity index (χ0v) is 33.8. The van der Waals surface area contributed by atoms with Gasteiger partial charge < -0.3 is 30.3 Å². The molecule has 0 aromatic heterocycles. The lowest BCUT2D eigenvalue weighted by Crippen LogP contribution is -2.36. The van der Waals surface area contributed by atoms with Crippen LogP contribution in [0.15, 0.2) is 0 Å². The number of halogens is 2. The minimum absolute atomic E-state index is 0. The lowest BCUT2D eigenvalue weighted by atomic mass is 10.2. The third kappa shape index (κ3) is 28.2. The number of ether oxygens (including phenoxy) is 2. The zero-order chi connectivity index (χ0) is 35.4. The predicted octanol–water partition coefficient (Wildman–Crippen LogP) is 3.62. The number of likely N-dealkylation sites (tertiary alicyclic amines) is 2. The molecule has 3 unspecified atom stereocenters. The van der Waals surface area contributed by atoms with Crippen LogP contribution in [0.2, 0.25) is 19.6 Å². The summed E-state index contributed by atoms with van der Waals surface area (Å²) in [7, 11) is -7.11. The van der Waals surface area contributed by atoms with Gasteiger partial charge in [-0.25, -0.2) is 31.1 Å². The van der Waals surface area contributed by atoms with Crippen LogP contribution in [0.5, 0.6) is 0 Å². The van der Waals surface area contributed by atoms with Crippen LogP contribution >= 0.6 is 23.5 Å². The summed E-state index contributed by atoms with van der Waals surface area (Å²) >= 11 is 5.67. The normalized spacial score (nSPS) is 21.8. The molecule has 276 valence electrons. The Morgan fingerprint density at radius 2 is 1.33 bits per heavy atom. The van der Waals surface area contributed by atoms with Crippen molar-refractivity contribution in [2.24, 2.45) is 11.7 Å². The Kier molecular flexibility index (Phi) is 20.5. The highest BCUT2D eigenvalue weighted by atomic mass is 35.6. The van der Waals surface area contributed by atoms with Crippen molar-refractivity contribution in [1.82, 2.24) is 19.8 Å². The highest BCUT2D eigenvalue weighted by Crippen LogP contribution is 2.20. The summed E-state index contributed by atoms with van der Waals surface area (Å²) in [5, 5.41) is 3.07. The van der Waals surface area contributed by atoms with Crippen LogP contribution in [0.4, 0.5) is 9.59 Å². The Balaban J connectivity index is 0. The molecule has 46 heavy (non-hydrogen) atoms. The Morgan fingerprint density at radius 3 is 1.65 bits per heavy atom. The molecule has 0 aromatic carbocycles. The van der Waals surface area contributed by atoms with Crippen molar-refractivity contribution in [3.8, 4) is 0 Å². The molecule has 3 atom stereocenters. The Labute approximate surface area is 290 Å². The van der Waals surface area contributed by atoms with E-state index in [-0.39, 0.29) is 48.3 Å². The minimum Gasteiger partial charge on any atom is -0.444 e. The fourth-order valence-electron chi connectivity index (χ4n) is 4.23. The number of sulfonamides is 1. The van der Waals surface area contributed by atoms with E-state index in [2.05, 4.69) is 29.7 Å². The van der Waals surface area contributed by atoms with Crippen molar-refractivity contribution in [2.75, 3.05) is 57.5 Å². The van der Waals surface area contributed by atoms with Crippen molar-refractivity contribution in [3.05, 3.63) is 0 Å². The van der Waals surface area contributed by atoms with E-state index < -0.39 is 38.4 Å². The van der Waals surface area contributed by atoms with Gasteiger partial charge in [0.2, 0.25) is 10.0 Å². The molecule has 0 saturated carbocycles. The van der Waals surface area contributed by atoms with Crippen LogP contribution in [-0.2, 0) is 29.3 Å². The van der Waals surface area contributed by atoms with Crippen molar-refractivity contribution in [3.63, 3.8) is 0 Å². The van der Waals surface area contributed by atoms with Gasteiger partial charge in [-0.2, -0.15) is 11.1 Å². The highest BCUT2D eigenvalue weighted by Gasteiger charge is 2.31. The van der Waals surface area contributed by atoms with Gasteiger partial charge in [0, 0.05) is 51.1 Å². The minimum atomic E-state index is -3.00. The lowest BCUT2D eigenvalue weighted by Gasteiger charge is -2.24. The summed E-state index contributed by atoms with van der Waals surface area (Å²) in [6.07, 6.45) is 4.31. The first-order chi connectivity index (χ1) is 20.0. The molecule has 3 rings (SSSR count). The van der Waals surface area contributed by atoms with E-state index in [9.17, 15) is 26.4 Å². The number of rotatable bonds is 4. The molecule has 3 fully saturated rings. The van der Waals surface area contributed by atoms with E-state index in [0.29, 0.717) is 19.6 Å². The number of carbonyl (C=O) groups is 2. The molecule has 3 heterocycles. The first-order valence-electron chi connectivity index (χ1n) is 15.3. The monoisotopic (exact) mass is 757 g/mol. The van der Waals surface area contributed by atoms with Crippen LogP contribution in [0.1, 0.15) is 60.8 Å². The molecule has 0 spiro atoms. The maximum absolute atomic E-state index is 11.7. The number of sulfone groups is 1. The fourth-order valence-corrected chi connectivity index (χ4v) is 6.16. The maximum atomic E-state index is 11.7. The average Bonchev–Trinajstić information content (AvgIpc) is 3.52. The van der Waals surface area contributed by atoms with Crippen LogP contribution in [0.25, 0.3) is 0 Å². The van der Waals surface area contributed by atoms with Crippen molar-refractivity contribution < 1.29 is 35.9 Å². The van der Waals surface area contributed by atoms with Crippen LogP contribution in [0, 0.1) is 5.92 Å². The van der Waals surface area contributed by atoms with Gasteiger partial charge in [-0.1, -0.05) is 19.6 Å². The molecule has 0 aromatic rings. The molecule has 3 saturated heterocycles. The van der Waals surface area contributed by atoms with Gasteiger partial charge in [-0.15, -0.1) is 12.4 Å². The highest BCUT2D eigenvalue weighted by molar-refractivity contribution is 7.90. The predicted molar refractivity (Wildman–Crippen MR) is 192 cm³/mol. The summed E-state index contributed by atoms with van der Waals surface area (Å²) in [6, 6.07) is 0.225. The lowest BCUT2D eigenvalue weighted by molar-refractivity contribution is 0.0280. The number of hydrogen-bond acceptors (Lipinski definition) is 10. The summed E-state index contributed by atoms with van der Waals surface area (Å²) in [6.45, 7) is 21.4. The molecule has 0 bridgehead atoms. The number of carbonyl (C=O) groups excluding carboxylic acids is 2. The largest absolute Gasteiger partial charge is 0.444 e. The number of hydrogen-bond donors (Lipinski definition) is 3. The van der Waals surface area contributed by atoms with Crippen LogP contribution < -0.4 is 15.8 Å². The summed E-state index contributed by atoms with van der Waals surface area (Å²) in [4.78, 5) is 26.4. The van der Waals surface area contributed by atoms with E-state index >= 15 is 0 Å². The number of amides is 2. The van der Waals surface area contributed by atoms with Crippen molar-refractivity contribution >= 4 is 62.9 Å². The molecule has 2 amide bonds. The first kappa shape index (κ1) is 47.2. The van der Waals surface area contributed by atoms with E-state index in [1.807, 2.05) is 41.5 Å². The molecule has 0 radical (unpaired) electrons. The summed E-state index contributed by atoms with van der Waals surface area (Å²) in [5.74, 6) is 0.185. The van der Waals surface area contributed by atoms with Crippen LogP contribution in [0.3, 0.4) is 0 Å². The molecule has 0 aliphatic carbocycles. The van der Waals surface area contributed by atoms with Crippen molar-refractivity contribution in [2.45, 2.75) is 104 Å². The molecule has 13 nitrogen and oxygen atoms in total. The molecule has 4 N–H and O–H groups in total. The summed E-state index contributed by atoms with van der Waals surface area (Å²) in [5.41, 5.74) is 4.76. The molecule has 3 aliphatic rings. The second kappa shape index (κ2) is 20.0. The van der Waals surface area contributed by atoms with Crippen LogP contribution in [-0.4, -0.2) is 127 Å². The van der Waals surface area contributed by atoms with Gasteiger partial charge >= 0.3 is 12.2 Å². The third-order valence-corrected chi connectivity index (χ3v) is 7.63. The average molecular weight is 759 g/mol. The van der Waals surface area contributed by atoms with E-state index in [1.54, 1.807) is 9.80 Å². The Morgan fingerprint density at radius 1 is 0.891 bits per heavy atom. The molecular weight excluding hydrogens is 697 g/mol. The van der Waals surface area contributed by atoms with Gasteiger partial charge in [0.25, 0.3) is 0 Å². The second-order valence-electron chi connectivity index (χ2n) is 14.8. The topological polar surface area (TPSA) is 177 Å². The number of nitrogens with two attached hydrogens (primary N) is 1. The molecular formula is C28H61Cl2N5O8S2Si. The smallest absolute Gasteiger partial charge is 0.410 e. The van der Waals surface area contributed by atoms with Gasteiger partial charge in [0.05, 0.1) is 12.0 Å². The number of nitrogens with one attached hydrogen (secondary N) is 2. The van der Waals surface area contributed by atoms with E-state index in [4.69, 9.17) is 26.3 Å². The van der Waals surface area contributed by atoms with E-state index in [0.717, 1.165) is 38.9 Å². The SMILES string of the molecule is CC(C)(C)OC(=O)N1CCC(CS(C)(=O)=O)C1.CC(C)(C)OC(=O)N1CCC(N)C1.CS(=O)(=O)NC1CCNC1.C[Si](C)(C)Cl.Cl.